The van der Waals surface area contributed by atoms with E-state index in [2.05, 4.69) is 0 Å². The fourth-order valence-corrected chi connectivity index (χ4v) is 5.12. The van der Waals surface area contributed by atoms with Crippen LogP contribution < -0.4 is 24.4 Å². The number of carbonyl (C=O) groups excluding carboxylic acids is 1. The minimum absolute atomic E-state index is 0.0287. The van der Waals surface area contributed by atoms with Crippen LogP contribution in [-0.4, -0.2) is 17.0 Å². The second-order valence-electron chi connectivity index (χ2n) is 12.3. The van der Waals surface area contributed by atoms with Crippen LogP contribution in [0.2, 0.25) is 0 Å². The van der Waals surface area contributed by atoms with Gasteiger partial charge in [0.1, 0.15) is 42.3 Å². The van der Waals surface area contributed by atoms with Gasteiger partial charge in [-0.05, 0) is 48.7 Å². The molecule has 50 heavy (non-hydrogen) atoms. The van der Waals surface area contributed by atoms with E-state index in [0.717, 1.165) is 16.7 Å². The lowest BCUT2D eigenvalue weighted by atomic mass is 9.97. The monoisotopic (exact) mass is 690 g/mol. The lowest BCUT2D eigenvalue weighted by molar-refractivity contribution is -0.142. The van der Waals surface area contributed by atoms with Gasteiger partial charge < -0.3 is 28.5 Å². The zero-order valence-electron chi connectivity index (χ0n) is 27.6. The number of benzene rings is 5. The van der Waals surface area contributed by atoms with Crippen molar-refractivity contribution in [2.24, 2.45) is 5.41 Å². The Labute approximate surface area is 294 Å². The SMILES string of the molecule is CC(C)(CCl)C(=O)Oc1cc(-c2oc3cc(OCc4ccccc4)cc(O)c3c(=O)c2OCc2ccccc2)ccc1OCc1ccccc1. The quantitative estimate of drug-likeness (QED) is 0.0727. The van der Waals surface area contributed by atoms with Crippen molar-refractivity contribution in [3.8, 4) is 40.1 Å². The Morgan fingerprint density at radius 1 is 0.720 bits per heavy atom. The minimum Gasteiger partial charge on any atom is -0.507 e. The topological polar surface area (TPSA) is 104 Å². The Kier molecular flexibility index (Phi) is 10.4. The summed E-state index contributed by atoms with van der Waals surface area (Å²) >= 11 is 6.10. The number of fused-ring (bicyclic) bond motifs is 1. The second-order valence-corrected chi connectivity index (χ2v) is 12.6. The smallest absolute Gasteiger partial charge is 0.318 e. The summed E-state index contributed by atoms with van der Waals surface area (Å²) in [7, 11) is 0. The van der Waals surface area contributed by atoms with Crippen molar-refractivity contribution in [2.75, 3.05) is 5.88 Å². The number of hydrogen-bond donors (Lipinski definition) is 1. The average molecular weight is 691 g/mol. The Bertz CT molecular complexity index is 2150. The van der Waals surface area contributed by atoms with Gasteiger partial charge in [-0.1, -0.05) is 91.0 Å². The number of aromatic hydroxyl groups is 1. The van der Waals surface area contributed by atoms with Gasteiger partial charge in [0.05, 0.1) is 5.41 Å². The van der Waals surface area contributed by atoms with Crippen LogP contribution in [0.3, 0.4) is 0 Å². The summed E-state index contributed by atoms with van der Waals surface area (Å²) in [5.41, 5.74) is 1.50. The van der Waals surface area contributed by atoms with Crippen molar-refractivity contribution in [3.05, 3.63) is 148 Å². The van der Waals surface area contributed by atoms with Gasteiger partial charge in [-0.2, -0.15) is 0 Å². The average Bonchev–Trinajstić information content (AvgIpc) is 3.14. The van der Waals surface area contributed by atoms with Crippen molar-refractivity contribution in [2.45, 2.75) is 33.7 Å². The molecule has 0 radical (unpaired) electrons. The second kappa shape index (κ2) is 15.2. The van der Waals surface area contributed by atoms with Gasteiger partial charge in [0.2, 0.25) is 11.2 Å². The molecule has 6 rings (SSSR count). The summed E-state index contributed by atoms with van der Waals surface area (Å²) < 4.78 is 30.4. The third-order valence-electron chi connectivity index (χ3n) is 7.91. The van der Waals surface area contributed by atoms with Gasteiger partial charge in [-0.3, -0.25) is 9.59 Å². The molecule has 6 aromatic rings. The molecule has 0 aliphatic rings. The van der Waals surface area contributed by atoms with Crippen molar-refractivity contribution in [1.29, 1.82) is 0 Å². The first kappa shape index (κ1) is 34.1. The fourth-order valence-electron chi connectivity index (χ4n) is 5.01. The molecule has 0 saturated carbocycles. The molecule has 1 heterocycles. The molecule has 0 amide bonds. The third-order valence-corrected chi connectivity index (χ3v) is 8.58. The number of hydrogen-bond acceptors (Lipinski definition) is 8. The summed E-state index contributed by atoms with van der Waals surface area (Å²) in [5, 5.41) is 11.0. The van der Waals surface area contributed by atoms with Gasteiger partial charge >= 0.3 is 5.97 Å². The number of ether oxygens (including phenoxy) is 4. The molecule has 1 aromatic heterocycles. The predicted octanol–water partition coefficient (Wildman–Crippen LogP) is 9.07. The lowest BCUT2D eigenvalue weighted by Gasteiger charge is -2.21. The third kappa shape index (κ3) is 7.93. The predicted molar refractivity (Wildman–Crippen MR) is 192 cm³/mol. The van der Waals surface area contributed by atoms with Crippen LogP contribution in [-0.2, 0) is 24.6 Å². The zero-order valence-corrected chi connectivity index (χ0v) is 28.3. The van der Waals surface area contributed by atoms with Crippen LogP contribution >= 0.6 is 11.6 Å². The van der Waals surface area contributed by atoms with E-state index in [9.17, 15) is 14.7 Å². The van der Waals surface area contributed by atoms with Crippen molar-refractivity contribution < 1.29 is 33.3 Å². The number of alkyl halides is 1. The van der Waals surface area contributed by atoms with Crippen LogP contribution in [0, 0.1) is 5.41 Å². The highest BCUT2D eigenvalue weighted by Gasteiger charge is 2.30. The molecule has 0 aliphatic heterocycles. The Morgan fingerprint density at radius 2 is 1.28 bits per heavy atom. The van der Waals surface area contributed by atoms with E-state index in [1.54, 1.807) is 38.1 Å². The molecule has 0 aliphatic carbocycles. The van der Waals surface area contributed by atoms with Gasteiger partial charge in [0.25, 0.3) is 0 Å². The van der Waals surface area contributed by atoms with Gasteiger partial charge in [-0.25, -0.2) is 0 Å². The Hall–Kier alpha value is -5.73. The lowest BCUT2D eigenvalue weighted by Crippen LogP contribution is -2.30. The first-order valence-corrected chi connectivity index (χ1v) is 16.5. The van der Waals surface area contributed by atoms with E-state index >= 15 is 0 Å². The van der Waals surface area contributed by atoms with Crippen molar-refractivity contribution >= 4 is 28.5 Å². The number of phenolic OH excluding ortho intramolecular Hbond substituents is 1. The molecule has 254 valence electrons. The van der Waals surface area contributed by atoms with Gasteiger partial charge in [0.15, 0.2) is 17.3 Å². The molecule has 0 saturated heterocycles. The maximum atomic E-state index is 14.1. The molecule has 0 fully saturated rings. The van der Waals surface area contributed by atoms with Crippen LogP contribution in [0.15, 0.2) is 131 Å². The summed E-state index contributed by atoms with van der Waals surface area (Å²) in [6.45, 7) is 3.86. The van der Waals surface area contributed by atoms with Crippen LogP contribution in [0.1, 0.15) is 30.5 Å². The molecule has 8 nitrogen and oxygen atoms in total. The highest BCUT2D eigenvalue weighted by molar-refractivity contribution is 6.19. The maximum Gasteiger partial charge on any atom is 0.318 e. The number of esters is 1. The standard InChI is InChI=1S/C41H35ClO8/c1-41(2,26-42)40(45)50-34-20-30(18-19-33(34)47-24-28-14-8-4-9-15-28)38-39(48-25-29-16-10-5-11-17-29)37(44)36-32(43)21-31(22-35(36)49-38)46-23-27-12-6-3-7-13-27/h3-22,43H,23-26H2,1-2H3. The number of phenols is 1. The normalized spacial score (nSPS) is 11.3. The molecule has 0 spiro atoms. The summed E-state index contributed by atoms with van der Waals surface area (Å²) in [6, 6.07) is 36.2. The molecule has 5 aromatic carbocycles. The van der Waals surface area contributed by atoms with E-state index in [0.29, 0.717) is 17.1 Å². The molecular formula is C41H35ClO8. The highest BCUT2D eigenvalue weighted by atomic mass is 35.5. The largest absolute Gasteiger partial charge is 0.507 e. The summed E-state index contributed by atoms with van der Waals surface area (Å²) in [5.74, 6) is -0.249. The van der Waals surface area contributed by atoms with Crippen LogP contribution in [0.25, 0.3) is 22.3 Å². The summed E-state index contributed by atoms with van der Waals surface area (Å²) in [4.78, 5) is 27.3. The molecule has 1 N–H and O–H groups in total. The maximum absolute atomic E-state index is 14.1. The van der Waals surface area contributed by atoms with E-state index in [4.69, 9.17) is 35.0 Å². The zero-order chi connectivity index (χ0) is 35.1. The number of halogens is 1. The van der Waals surface area contributed by atoms with Gasteiger partial charge in [0, 0.05) is 23.6 Å². The molecular weight excluding hydrogens is 656 g/mol. The Balaban J connectivity index is 1.45. The fraction of sp³-hybridized carbons (Fsp3) is 0.171. The van der Waals surface area contributed by atoms with E-state index < -0.39 is 16.8 Å². The van der Waals surface area contributed by atoms with E-state index in [-0.39, 0.29) is 59.7 Å². The summed E-state index contributed by atoms with van der Waals surface area (Å²) in [6.07, 6.45) is 0. The van der Waals surface area contributed by atoms with Crippen LogP contribution in [0.5, 0.6) is 28.7 Å². The minimum atomic E-state index is -0.999. The molecule has 0 atom stereocenters. The first-order valence-electron chi connectivity index (χ1n) is 16.0. The highest BCUT2D eigenvalue weighted by Crippen LogP contribution is 2.40. The number of carbonyl (C=O) groups is 1. The molecule has 0 bridgehead atoms. The van der Waals surface area contributed by atoms with E-state index in [1.807, 2.05) is 91.0 Å². The van der Waals surface area contributed by atoms with Crippen LogP contribution in [0.4, 0.5) is 0 Å². The molecule has 0 unspecified atom stereocenters. The molecule has 9 heteroatoms. The van der Waals surface area contributed by atoms with Gasteiger partial charge in [-0.15, -0.1) is 11.6 Å². The first-order chi connectivity index (χ1) is 24.2. The van der Waals surface area contributed by atoms with E-state index in [1.165, 1.54) is 6.07 Å². The number of rotatable bonds is 13. The Morgan fingerprint density at radius 3 is 1.86 bits per heavy atom. The van der Waals surface area contributed by atoms with Crippen molar-refractivity contribution in [3.63, 3.8) is 0 Å². The van der Waals surface area contributed by atoms with Crippen molar-refractivity contribution in [1.82, 2.24) is 0 Å².